The number of amides is 1. The van der Waals surface area contributed by atoms with Gasteiger partial charge in [0.15, 0.2) is 12.3 Å². The van der Waals surface area contributed by atoms with Crippen LogP contribution in [-0.2, 0) is 17.9 Å². The van der Waals surface area contributed by atoms with Crippen molar-refractivity contribution in [2.45, 2.75) is 13.1 Å². The first-order valence-corrected chi connectivity index (χ1v) is 9.78. The molecule has 0 saturated carbocycles. The number of anilines is 1. The Morgan fingerprint density at radius 2 is 1.87 bits per heavy atom. The lowest BCUT2D eigenvalue weighted by Crippen LogP contribution is -2.31. The van der Waals surface area contributed by atoms with E-state index < -0.39 is 0 Å². The zero-order valence-corrected chi connectivity index (χ0v) is 16.7. The van der Waals surface area contributed by atoms with Gasteiger partial charge in [0.05, 0.1) is 18.1 Å². The van der Waals surface area contributed by atoms with E-state index in [9.17, 15) is 9.18 Å². The number of halogens is 1. The van der Waals surface area contributed by atoms with E-state index in [1.54, 1.807) is 35.1 Å². The van der Waals surface area contributed by atoms with E-state index in [0.717, 1.165) is 10.9 Å². The third kappa shape index (κ3) is 5.33. The molecule has 2 N–H and O–H groups in total. The highest BCUT2D eigenvalue weighted by atomic mass is 19.1. The molecule has 158 valence electrons. The number of hydrogen-bond donors (Lipinski definition) is 2. The molecule has 0 aliphatic carbocycles. The third-order valence-corrected chi connectivity index (χ3v) is 4.57. The van der Waals surface area contributed by atoms with Gasteiger partial charge >= 0.3 is 0 Å². The van der Waals surface area contributed by atoms with E-state index in [1.165, 1.54) is 18.5 Å². The van der Waals surface area contributed by atoms with Crippen molar-refractivity contribution in [2.75, 3.05) is 18.5 Å². The SMILES string of the molecule is O=C(COc1ccccc1)NCCn1ncc2c(NCc3ccc(F)cc3)ncnc21. The summed E-state index contributed by atoms with van der Waals surface area (Å²) >= 11 is 0. The smallest absolute Gasteiger partial charge is 0.258 e. The summed E-state index contributed by atoms with van der Waals surface area (Å²) in [6, 6.07) is 15.4. The summed E-state index contributed by atoms with van der Waals surface area (Å²) in [7, 11) is 0. The highest BCUT2D eigenvalue weighted by molar-refractivity contribution is 5.86. The Balaban J connectivity index is 1.31. The van der Waals surface area contributed by atoms with Crippen molar-refractivity contribution in [1.82, 2.24) is 25.1 Å². The Morgan fingerprint density at radius 1 is 1.06 bits per heavy atom. The average molecular weight is 420 g/mol. The Labute approximate surface area is 178 Å². The van der Waals surface area contributed by atoms with Crippen LogP contribution in [0.5, 0.6) is 5.75 Å². The Morgan fingerprint density at radius 3 is 2.68 bits per heavy atom. The predicted molar refractivity (Wildman–Crippen MR) is 114 cm³/mol. The van der Waals surface area contributed by atoms with Crippen LogP contribution in [0, 0.1) is 5.82 Å². The van der Waals surface area contributed by atoms with Gasteiger partial charge in [0, 0.05) is 13.1 Å². The molecule has 0 radical (unpaired) electrons. The number of fused-ring (bicyclic) bond motifs is 1. The van der Waals surface area contributed by atoms with E-state index in [1.807, 2.05) is 18.2 Å². The van der Waals surface area contributed by atoms with Gasteiger partial charge in [-0.25, -0.2) is 19.0 Å². The fraction of sp³-hybridized carbons (Fsp3) is 0.182. The summed E-state index contributed by atoms with van der Waals surface area (Å²) in [6.45, 7) is 1.28. The maximum Gasteiger partial charge on any atom is 0.258 e. The van der Waals surface area contributed by atoms with Crippen LogP contribution in [0.15, 0.2) is 67.1 Å². The lowest BCUT2D eigenvalue weighted by Gasteiger charge is -2.09. The number of para-hydroxylation sites is 1. The molecule has 8 nitrogen and oxygen atoms in total. The number of benzene rings is 2. The van der Waals surface area contributed by atoms with Crippen LogP contribution in [0.1, 0.15) is 5.56 Å². The first kappa shape index (κ1) is 20.3. The van der Waals surface area contributed by atoms with Crippen molar-refractivity contribution in [2.24, 2.45) is 0 Å². The average Bonchev–Trinajstić information content (AvgIpc) is 3.22. The molecular formula is C22H21FN6O2. The summed E-state index contributed by atoms with van der Waals surface area (Å²) in [4.78, 5) is 20.6. The molecule has 1 amide bonds. The Bertz CT molecular complexity index is 1150. The largest absolute Gasteiger partial charge is 0.484 e. The quantitative estimate of drug-likeness (QED) is 0.433. The fourth-order valence-corrected chi connectivity index (χ4v) is 3.00. The Kier molecular flexibility index (Phi) is 6.32. The molecule has 0 unspecified atom stereocenters. The number of aromatic nitrogens is 4. The van der Waals surface area contributed by atoms with Crippen LogP contribution in [0.25, 0.3) is 11.0 Å². The lowest BCUT2D eigenvalue weighted by molar-refractivity contribution is -0.123. The van der Waals surface area contributed by atoms with Crippen molar-refractivity contribution < 1.29 is 13.9 Å². The van der Waals surface area contributed by atoms with Crippen LogP contribution >= 0.6 is 0 Å². The number of carbonyl (C=O) groups excluding carboxylic acids is 1. The number of nitrogens with one attached hydrogen (secondary N) is 2. The molecule has 2 aromatic carbocycles. The van der Waals surface area contributed by atoms with E-state index in [4.69, 9.17) is 4.74 Å². The second kappa shape index (κ2) is 9.66. The number of nitrogens with zero attached hydrogens (tertiary/aromatic N) is 4. The van der Waals surface area contributed by atoms with Crippen LogP contribution in [0.3, 0.4) is 0 Å². The van der Waals surface area contributed by atoms with Gasteiger partial charge in [-0.05, 0) is 29.8 Å². The minimum Gasteiger partial charge on any atom is -0.484 e. The Hall–Kier alpha value is -4.01. The molecule has 4 rings (SSSR count). The van der Waals surface area contributed by atoms with Gasteiger partial charge in [-0.1, -0.05) is 30.3 Å². The predicted octanol–water partition coefficient (Wildman–Crippen LogP) is 2.77. The number of carbonyl (C=O) groups is 1. The van der Waals surface area contributed by atoms with Gasteiger partial charge in [-0.15, -0.1) is 0 Å². The standard InChI is InChI=1S/C22H21FN6O2/c23-17-8-6-16(7-9-17)12-25-21-19-13-28-29(22(19)27-15-26-21)11-10-24-20(30)14-31-18-4-2-1-3-5-18/h1-9,13,15H,10-12,14H2,(H,24,30)(H,25,26,27). The van der Waals surface area contributed by atoms with Crippen molar-refractivity contribution in [3.8, 4) is 5.75 Å². The molecule has 0 saturated heterocycles. The highest BCUT2D eigenvalue weighted by Crippen LogP contribution is 2.19. The maximum absolute atomic E-state index is 13.0. The zero-order valence-electron chi connectivity index (χ0n) is 16.7. The first-order valence-electron chi connectivity index (χ1n) is 9.78. The van der Waals surface area contributed by atoms with Crippen molar-refractivity contribution in [3.05, 3.63) is 78.5 Å². The monoisotopic (exact) mass is 420 g/mol. The minimum atomic E-state index is -0.270. The molecule has 9 heteroatoms. The molecule has 2 aromatic heterocycles. The van der Waals surface area contributed by atoms with Gasteiger partial charge in [-0.3, -0.25) is 4.79 Å². The van der Waals surface area contributed by atoms with Gasteiger partial charge < -0.3 is 15.4 Å². The molecule has 2 heterocycles. The lowest BCUT2D eigenvalue weighted by atomic mass is 10.2. The molecule has 0 atom stereocenters. The number of ether oxygens (including phenoxy) is 1. The zero-order chi connectivity index (χ0) is 21.5. The molecule has 0 spiro atoms. The molecule has 4 aromatic rings. The van der Waals surface area contributed by atoms with Crippen LogP contribution in [0.2, 0.25) is 0 Å². The van der Waals surface area contributed by atoms with Gasteiger partial charge in [-0.2, -0.15) is 5.10 Å². The summed E-state index contributed by atoms with van der Waals surface area (Å²) in [5.74, 6) is 0.804. The van der Waals surface area contributed by atoms with Crippen molar-refractivity contribution >= 4 is 22.8 Å². The van der Waals surface area contributed by atoms with E-state index in [-0.39, 0.29) is 18.3 Å². The summed E-state index contributed by atoms with van der Waals surface area (Å²) in [5, 5.41) is 11.2. The van der Waals surface area contributed by atoms with Crippen LogP contribution in [0.4, 0.5) is 10.2 Å². The molecule has 0 aliphatic rings. The minimum absolute atomic E-state index is 0.0521. The van der Waals surface area contributed by atoms with Crippen LogP contribution < -0.4 is 15.4 Å². The molecule has 0 aliphatic heterocycles. The molecule has 31 heavy (non-hydrogen) atoms. The normalized spacial score (nSPS) is 10.7. The van der Waals surface area contributed by atoms with Gasteiger partial charge in [0.1, 0.15) is 23.7 Å². The van der Waals surface area contributed by atoms with Gasteiger partial charge in [0.2, 0.25) is 0 Å². The summed E-state index contributed by atoms with van der Waals surface area (Å²) in [6.07, 6.45) is 3.14. The number of hydrogen-bond acceptors (Lipinski definition) is 6. The second-order valence-corrected chi connectivity index (χ2v) is 6.76. The van der Waals surface area contributed by atoms with Crippen molar-refractivity contribution in [1.29, 1.82) is 0 Å². The molecule has 0 fully saturated rings. The van der Waals surface area contributed by atoms with Gasteiger partial charge in [0.25, 0.3) is 5.91 Å². The summed E-state index contributed by atoms with van der Waals surface area (Å²) < 4.78 is 20.2. The summed E-state index contributed by atoms with van der Waals surface area (Å²) in [5.41, 5.74) is 1.59. The molecular weight excluding hydrogens is 399 g/mol. The van der Waals surface area contributed by atoms with E-state index in [0.29, 0.717) is 36.8 Å². The van der Waals surface area contributed by atoms with Crippen LogP contribution in [-0.4, -0.2) is 38.8 Å². The fourth-order valence-electron chi connectivity index (χ4n) is 3.00. The first-order chi connectivity index (χ1) is 15.2. The van der Waals surface area contributed by atoms with E-state index >= 15 is 0 Å². The topological polar surface area (TPSA) is 94.0 Å². The number of rotatable bonds is 9. The third-order valence-electron chi connectivity index (χ3n) is 4.57. The highest BCUT2D eigenvalue weighted by Gasteiger charge is 2.10. The second-order valence-electron chi connectivity index (χ2n) is 6.76. The molecule has 0 bridgehead atoms. The maximum atomic E-state index is 13.0. The van der Waals surface area contributed by atoms with Crippen molar-refractivity contribution in [3.63, 3.8) is 0 Å². The van der Waals surface area contributed by atoms with E-state index in [2.05, 4.69) is 25.7 Å².